The Morgan fingerprint density at radius 2 is 2.09 bits per heavy atom. The third-order valence-electron chi connectivity index (χ3n) is 5.03. The summed E-state index contributed by atoms with van der Waals surface area (Å²) in [7, 11) is 1.61. The molecule has 1 aliphatic carbocycles. The second kappa shape index (κ2) is 6.34. The van der Waals surface area contributed by atoms with Crippen LogP contribution in [0.15, 0.2) is 24.3 Å². The minimum absolute atomic E-state index is 0.105. The van der Waals surface area contributed by atoms with E-state index in [1.807, 2.05) is 0 Å². The van der Waals surface area contributed by atoms with Gasteiger partial charge in [0.05, 0.1) is 12.6 Å². The molecule has 1 spiro atoms. The first kappa shape index (κ1) is 15.4. The van der Waals surface area contributed by atoms with Crippen molar-refractivity contribution in [1.82, 2.24) is 10.6 Å². The number of amides is 1. The largest absolute Gasteiger partial charge is 0.382 e. The van der Waals surface area contributed by atoms with Crippen molar-refractivity contribution in [3.05, 3.63) is 35.6 Å². The predicted molar refractivity (Wildman–Crippen MR) is 81.8 cm³/mol. The SMILES string of the molecule is COCC(NC(=O)C1CC12CCNCC2)c1ccc(F)cc1. The third kappa shape index (κ3) is 3.15. The molecule has 1 aromatic carbocycles. The van der Waals surface area contributed by atoms with Crippen LogP contribution in [-0.2, 0) is 9.53 Å². The molecule has 1 saturated carbocycles. The molecule has 2 atom stereocenters. The zero-order valence-corrected chi connectivity index (χ0v) is 12.9. The number of rotatable bonds is 5. The maximum absolute atomic E-state index is 13.1. The molecule has 1 heterocycles. The van der Waals surface area contributed by atoms with E-state index in [0.29, 0.717) is 6.61 Å². The van der Waals surface area contributed by atoms with Gasteiger partial charge in [-0.1, -0.05) is 12.1 Å². The molecule has 1 aromatic rings. The van der Waals surface area contributed by atoms with Crippen molar-refractivity contribution in [3.8, 4) is 0 Å². The monoisotopic (exact) mass is 306 g/mol. The Bertz CT molecular complexity index is 526. The van der Waals surface area contributed by atoms with Crippen LogP contribution in [0.4, 0.5) is 4.39 Å². The van der Waals surface area contributed by atoms with Gasteiger partial charge < -0.3 is 15.4 Å². The van der Waals surface area contributed by atoms with Crippen LogP contribution in [0.2, 0.25) is 0 Å². The molecule has 120 valence electrons. The number of nitrogens with one attached hydrogen (secondary N) is 2. The predicted octanol–water partition coefficient (Wildman–Crippen LogP) is 2.02. The molecule has 2 unspecified atom stereocenters. The van der Waals surface area contributed by atoms with E-state index in [4.69, 9.17) is 4.74 Å². The summed E-state index contributed by atoms with van der Waals surface area (Å²) in [6.45, 7) is 2.39. The summed E-state index contributed by atoms with van der Waals surface area (Å²) in [6, 6.07) is 6.00. The quantitative estimate of drug-likeness (QED) is 0.875. The highest BCUT2D eigenvalue weighted by Crippen LogP contribution is 2.58. The minimum atomic E-state index is -0.276. The third-order valence-corrected chi connectivity index (χ3v) is 5.03. The van der Waals surface area contributed by atoms with Gasteiger partial charge in [-0.05, 0) is 55.5 Å². The zero-order valence-electron chi connectivity index (χ0n) is 12.9. The van der Waals surface area contributed by atoms with E-state index in [2.05, 4.69) is 10.6 Å². The molecular weight excluding hydrogens is 283 g/mol. The summed E-state index contributed by atoms with van der Waals surface area (Å²) in [5, 5.41) is 6.43. The summed E-state index contributed by atoms with van der Waals surface area (Å²) >= 11 is 0. The van der Waals surface area contributed by atoms with Gasteiger partial charge in [0.2, 0.25) is 5.91 Å². The van der Waals surface area contributed by atoms with E-state index < -0.39 is 0 Å². The molecule has 3 rings (SSSR count). The van der Waals surface area contributed by atoms with Gasteiger partial charge in [0, 0.05) is 13.0 Å². The standard InChI is InChI=1S/C17H23FN2O2/c1-22-11-15(12-2-4-13(18)5-3-12)20-16(21)14-10-17(14)6-8-19-9-7-17/h2-5,14-15,19H,6-11H2,1H3,(H,20,21). The van der Waals surface area contributed by atoms with Crippen LogP contribution in [0.1, 0.15) is 30.9 Å². The summed E-state index contributed by atoms with van der Waals surface area (Å²) in [4.78, 5) is 12.5. The van der Waals surface area contributed by atoms with Crippen molar-refractivity contribution in [1.29, 1.82) is 0 Å². The molecule has 4 nitrogen and oxygen atoms in total. The number of benzene rings is 1. The molecule has 0 radical (unpaired) electrons. The van der Waals surface area contributed by atoms with E-state index in [1.165, 1.54) is 12.1 Å². The van der Waals surface area contributed by atoms with Crippen molar-refractivity contribution in [2.75, 3.05) is 26.8 Å². The highest BCUT2D eigenvalue weighted by atomic mass is 19.1. The molecule has 0 bridgehead atoms. The van der Waals surface area contributed by atoms with Gasteiger partial charge in [-0.15, -0.1) is 0 Å². The first-order valence-electron chi connectivity index (χ1n) is 7.90. The van der Waals surface area contributed by atoms with Gasteiger partial charge in [0.15, 0.2) is 0 Å². The zero-order chi connectivity index (χ0) is 15.6. The molecule has 2 fully saturated rings. The Balaban J connectivity index is 1.64. The first-order chi connectivity index (χ1) is 10.6. The first-order valence-corrected chi connectivity index (χ1v) is 7.90. The van der Waals surface area contributed by atoms with Crippen LogP contribution in [0.3, 0.4) is 0 Å². The summed E-state index contributed by atoms with van der Waals surface area (Å²) in [6.07, 6.45) is 3.15. The smallest absolute Gasteiger partial charge is 0.224 e. The number of carbonyl (C=O) groups excluding carboxylic acids is 1. The van der Waals surface area contributed by atoms with E-state index in [1.54, 1.807) is 19.2 Å². The van der Waals surface area contributed by atoms with E-state index in [0.717, 1.165) is 37.9 Å². The Morgan fingerprint density at radius 1 is 1.41 bits per heavy atom. The summed E-state index contributed by atoms with van der Waals surface area (Å²) in [5.41, 5.74) is 1.09. The van der Waals surface area contributed by atoms with E-state index >= 15 is 0 Å². The fraction of sp³-hybridized carbons (Fsp3) is 0.588. The van der Waals surface area contributed by atoms with Crippen LogP contribution in [0, 0.1) is 17.2 Å². The minimum Gasteiger partial charge on any atom is -0.382 e. The fourth-order valence-corrected chi connectivity index (χ4v) is 3.55. The molecule has 2 aliphatic rings. The van der Waals surface area contributed by atoms with Gasteiger partial charge in [-0.25, -0.2) is 4.39 Å². The molecule has 2 N–H and O–H groups in total. The maximum atomic E-state index is 13.1. The fourth-order valence-electron chi connectivity index (χ4n) is 3.55. The van der Waals surface area contributed by atoms with Crippen LogP contribution in [0.5, 0.6) is 0 Å². The van der Waals surface area contributed by atoms with Crippen molar-refractivity contribution in [2.24, 2.45) is 11.3 Å². The van der Waals surface area contributed by atoms with Gasteiger partial charge in [-0.2, -0.15) is 0 Å². The Morgan fingerprint density at radius 3 is 2.73 bits per heavy atom. The van der Waals surface area contributed by atoms with E-state index in [-0.39, 0.29) is 29.1 Å². The molecule has 1 amide bonds. The lowest BCUT2D eigenvalue weighted by Gasteiger charge is -2.24. The molecule has 0 aromatic heterocycles. The second-order valence-electron chi connectivity index (χ2n) is 6.44. The highest BCUT2D eigenvalue weighted by Gasteiger charge is 2.57. The number of halogens is 1. The van der Waals surface area contributed by atoms with Crippen LogP contribution in [0.25, 0.3) is 0 Å². The number of hydrogen-bond donors (Lipinski definition) is 2. The average molecular weight is 306 g/mol. The maximum Gasteiger partial charge on any atom is 0.224 e. The number of methoxy groups -OCH3 is 1. The van der Waals surface area contributed by atoms with Crippen molar-refractivity contribution in [2.45, 2.75) is 25.3 Å². The molecule has 22 heavy (non-hydrogen) atoms. The van der Waals surface area contributed by atoms with Crippen molar-refractivity contribution in [3.63, 3.8) is 0 Å². The topological polar surface area (TPSA) is 50.4 Å². The van der Waals surface area contributed by atoms with Gasteiger partial charge in [0.1, 0.15) is 5.82 Å². The Labute approximate surface area is 130 Å². The van der Waals surface area contributed by atoms with E-state index in [9.17, 15) is 9.18 Å². The van der Waals surface area contributed by atoms with Crippen molar-refractivity contribution >= 4 is 5.91 Å². The van der Waals surface area contributed by atoms with Gasteiger partial charge in [-0.3, -0.25) is 4.79 Å². The number of ether oxygens (including phenoxy) is 1. The number of hydrogen-bond acceptors (Lipinski definition) is 3. The van der Waals surface area contributed by atoms with Crippen LogP contribution >= 0.6 is 0 Å². The van der Waals surface area contributed by atoms with Gasteiger partial charge >= 0.3 is 0 Å². The lowest BCUT2D eigenvalue weighted by Crippen LogP contribution is -2.36. The highest BCUT2D eigenvalue weighted by molar-refractivity contribution is 5.83. The van der Waals surface area contributed by atoms with Crippen molar-refractivity contribution < 1.29 is 13.9 Å². The average Bonchev–Trinajstić information content (AvgIpc) is 3.21. The number of piperidine rings is 1. The lowest BCUT2D eigenvalue weighted by atomic mass is 9.91. The Kier molecular flexibility index (Phi) is 4.45. The van der Waals surface area contributed by atoms with Crippen LogP contribution < -0.4 is 10.6 Å². The normalized spacial score (nSPS) is 24.0. The molecule has 1 aliphatic heterocycles. The summed E-state index contributed by atoms with van der Waals surface area (Å²) < 4.78 is 18.3. The number of carbonyl (C=O) groups is 1. The van der Waals surface area contributed by atoms with Crippen LogP contribution in [-0.4, -0.2) is 32.7 Å². The lowest BCUT2D eigenvalue weighted by molar-refractivity contribution is -0.124. The second-order valence-corrected chi connectivity index (χ2v) is 6.44. The summed E-state index contributed by atoms with van der Waals surface area (Å²) in [5.74, 6) is -0.0511. The molecule has 5 heteroatoms. The Hall–Kier alpha value is -1.46. The molecular formula is C17H23FN2O2. The van der Waals surface area contributed by atoms with Gasteiger partial charge in [0.25, 0.3) is 0 Å². The molecule has 1 saturated heterocycles.